The summed E-state index contributed by atoms with van der Waals surface area (Å²) in [5.41, 5.74) is -0.832. The first-order chi connectivity index (χ1) is 13.0. The number of nitrogens with zero attached hydrogens (tertiary/aromatic N) is 3. The molecule has 0 aliphatic rings. The number of halogens is 3. The van der Waals surface area contributed by atoms with E-state index in [2.05, 4.69) is 5.32 Å². The van der Waals surface area contributed by atoms with Crippen LogP contribution in [-0.4, -0.2) is 37.9 Å². The van der Waals surface area contributed by atoms with Gasteiger partial charge in [-0.2, -0.15) is 5.26 Å². The Balaban J connectivity index is 2.52. The number of anilines is 2. The molecule has 0 bridgehead atoms. The highest BCUT2D eigenvalue weighted by molar-refractivity contribution is 7.89. The zero-order valence-electron chi connectivity index (χ0n) is 14.5. The number of hydrogen-bond acceptors (Lipinski definition) is 5. The van der Waals surface area contributed by atoms with E-state index in [0.29, 0.717) is 4.90 Å². The average Bonchev–Trinajstić information content (AvgIpc) is 2.61. The van der Waals surface area contributed by atoms with Gasteiger partial charge in [-0.25, -0.2) is 26.4 Å². The van der Waals surface area contributed by atoms with Gasteiger partial charge in [-0.05, 0) is 24.3 Å². The molecule has 2 aromatic rings. The number of aromatic hydroxyl groups is 1. The largest absolute Gasteiger partial charge is 0.504 e. The number of hydrogen-bond donors (Lipinski definition) is 3. The van der Waals surface area contributed by atoms with Gasteiger partial charge in [-0.1, -0.05) is 17.7 Å². The fraction of sp³-hybridized carbons (Fsp3) is 0.125. The van der Waals surface area contributed by atoms with E-state index in [0.717, 1.165) is 28.6 Å². The molecule has 0 aromatic heterocycles. The fourth-order valence-electron chi connectivity index (χ4n) is 2.15. The van der Waals surface area contributed by atoms with E-state index in [1.54, 1.807) is 6.19 Å². The van der Waals surface area contributed by atoms with Gasteiger partial charge in [0.2, 0.25) is 16.0 Å². The van der Waals surface area contributed by atoms with Gasteiger partial charge in [0.1, 0.15) is 10.6 Å². The third-order valence-electron chi connectivity index (χ3n) is 3.57. The molecule has 3 N–H and O–H groups in total. The van der Waals surface area contributed by atoms with Crippen molar-refractivity contribution in [1.82, 2.24) is 4.31 Å². The lowest BCUT2D eigenvalue weighted by Gasteiger charge is -2.21. The summed E-state index contributed by atoms with van der Waals surface area (Å²) in [4.78, 5) is -0.174. The predicted molar refractivity (Wildman–Crippen MR) is 99.8 cm³/mol. The van der Waals surface area contributed by atoms with E-state index >= 15 is 0 Å². The molecule has 0 spiro atoms. The lowest BCUT2D eigenvalue weighted by atomic mass is 10.2. The second kappa shape index (κ2) is 7.97. The van der Waals surface area contributed by atoms with Crippen LogP contribution in [0, 0.1) is 28.5 Å². The molecule has 0 unspecified atom stereocenters. The molecule has 0 fully saturated rings. The van der Waals surface area contributed by atoms with Crippen molar-refractivity contribution >= 4 is 39.0 Å². The van der Waals surface area contributed by atoms with Crippen molar-refractivity contribution < 1.29 is 22.3 Å². The van der Waals surface area contributed by atoms with Crippen LogP contribution in [0.5, 0.6) is 5.75 Å². The summed E-state index contributed by atoms with van der Waals surface area (Å²) in [6.07, 6.45) is 1.56. The molecule has 0 atom stereocenters. The molecular weight excluding hydrogens is 416 g/mol. The maximum atomic E-state index is 13.8. The summed E-state index contributed by atoms with van der Waals surface area (Å²) >= 11 is 5.90. The fourth-order valence-corrected chi connectivity index (χ4v) is 3.63. The van der Waals surface area contributed by atoms with E-state index < -0.39 is 49.6 Å². The highest BCUT2D eigenvalue weighted by atomic mass is 35.5. The van der Waals surface area contributed by atoms with Crippen molar-refractivity contribution in [3.8, 4) is 11.9 Å². The Morgan fingerprint density at radius 3 is 2.50 bits per heavy atom. The number of rotatable bonds is 4. The van der Waals surface area contributed by atoms with E-state index in [1.165, 1.54) is 20.2 Å². The van der Waals surface area contributed by atoms with E-state index in [9.17, 15) is 27.6 Å². The van der Waals surface area contributed by atoms with E-state index in [-0.39, 0.29) is 5.02 Å². The summed E-state index contributed by atoms with van der Waals surface area (Å²) in [7, 11) is -1.75. The van der Waals surface area contributed by atoms with Gasteiger partial charge in [0.15, 0.2) is 23.6 Å². The van der Waals surface area contributed by atoms with Crippen molar-refractivity contribution in [3.05, 3.63) is 47.0 Å². The molecule has 2 rings (SSSR count). The number of guanidine groups is 1. The second-order valence-electron chi connectivity index (χ2n) is 5.54. The van der Waals surface area contributed by atoms with Crippen LogP contribution in [0.1, 0.15) is 0 Å². The Morgan fingerprint density at radius 2 is 1.93 bits per heavy atom. The summed E-state index contributed by atoms with van der Waals surface area (Å²) in [5.74, 6) is -4.09. The van der Waals surface area contributed by atoms with E-state index in [4.69, 9.17) is 17.0 Å². The van der Waals surface area contributed by atoms with Gasteiger partial charge < -0.3 is 10.4 Å². The molecule has 8 nitrogen and oxygen atoms in total. The lowest BCUT2D eigenvalue weighted by molar-refractivity contribution is 0.454. The van der Waals surface area contributed by atoms with Crippen LogP contribution in [0.25, 0.3) is 0 Å². The summed E-state index contributed by atoms with van der Waals surface area (Å²) in [6, 6.07) is 5.41. The minimum absolute atomic E-state index is 0.302. The topological polar surface area (TPSA) is 121 Å². The molecule has 0 amide bonds. The first kappa shape index (κ1) is 21.4. The number of nitriles is 1. The highest BCUT2D eigenvalue weighted by Gasteiger charge is 2.29. The first-order valence-corrected chi connectivity index (χ1v) is 9.27. The molecular formula is C16H14ClF2N5O3S. The van der Waals surface area contributed by atoms with Crippen LogP contribution in [-0.2, 0) is 10.0 Å². The summed E-state index contributed by atoms with van der Waals surface area (Å²) in [5, 5.41) is 29.6. The summed E-state index contributed by atoms with van der Waals surface area (Å²) in [6.45, 7) is 0. The van der Waals surface area contributed by atoms with Crippen molar-refractivity contribution in [1.29, 1.82) is 10.7 Å². The molecule has 12 heteroatoms. The number of sulfonamides is 1. The van der Waals surface area contributed by atoms with Crippen LogP contribution in [0.4, 0.5) is 20.2 Å². The molecule has 0 saturated carbocycles. The molecule has 28 heavy (non-hydrogen) atoms. The van der Waals surface area contributed by atoms with Gasteiger partial charge in [0.25, 0.3) is 0 Å². The van der Waals surface area contributed by atoms with Gasteiger partial charge >= 0.3 is 0 Å². The predicted octanol–water partition coefficient (Wildman–Crippen LogP) is 2.91. The normalized spacial score (nSPS) is 11.2. The maximum Gasteiger partial charge on any atom is 0.247 e. The summed E-state index contributed by atoms with van der Waals surface area (Å²) < 4.78 is 52.7. The van der Waals surface area contributed by atoms with Gasteiger partial charge in [-0.3, -0.25) is 5.41 Å². The number of benzene rings is 2. The van der Waals surface area contributed by atoms with Crippen molar-refractivity contribution in [2.45, 2.75) is 4.90 Å². The zero-order chi connectivity index (χ0) is 21.2. The standard InChI is InChI=1S/C16H14ClF2N5O3S/c1-23(2)28(26,27)15-9(17)6-7-12(14(15)25)24(8-20)16(21)22-11-5-3-4-10(18)13(11)19/h3-7,25H,1-2H3,(H2,21,22). The molecule has 0 radical (unpaired) electrons. The molecule has 0 aliphatic carbocycles. The Kier molecular flexibility index (Phi) is 6.08. The SMILES string of the molecule is CN(C)S(=O)(=O)c1c(Cl)ccc(N(C#N)C(=N)Nc2cccc(F)c2F)c1O. The van der Waals surface area contributed by atoms with Crippen molar-refractivity contribution in [2.24, 2.45) is 0 Å². The molecule has 0 aliphatic heterocycles. The van der Waals surface area contributed by atoms with Crippen LogP contribution >= 0.6 is 11.6 Å². The minimum Gasteiger partial charge on any atom is -0.504 e. The Bertz CT molecular complexity index is 1090. The Morgan fingerprint density at radius 1 is 1.29 bits per heavy atom. The van der Waals surface area contributed by atoms with Gasteiger partial charge in [0.05, 0.1) is 10.7 Å². The smallest absolute Gasteiger partial charge is 0.247 e. The third kappa shape index (κ3) is 3.84. The van der Waals surface area contributed by atoms with Crippen molar-refractivity contribution in [3.63, 3.8) is 0 Å². The second-order valence-corrected chi connectivity index (χ2v) is 8.04. The quantitative estimate of drug-likeness (QED) is 0.297. The van der Waals surface area contributed by atoms with Gasteiger partial charge in [0, 0.05) is 14.1 Å². The molecule has 148 valence electrons. The Labute approximate surface area is 164 Å². The molecule has 0 heterocycles. The third-order valence-corrected chi connectivity index (χ3v) is 5.89. The zero-order valence-corrected chi connectivity index (χ0v) is 16.1. The minimum atomic E-state index is -4.18. The van der Waals surface area contributed by atoms with Crippen LogP contribution in [0.3, 0.4) is 0 Å². The molecule has 0 saturated heterocycles. The number of nitrogens with one attached hydrogen (secondary N) is 2. The maximum absolute atomic E-state index is 13.8. The lowest BCUT2D eigenvalue weighted by Crippen LogP contribution is -2.32. The van der Waals surface area contributed by atoms with Crippen LogP contribution in [0.2, 0.25) is 5.02 Å². The highest BCUT2D eigenvalue weighted by Crippen LogP contribution is 2.39. The number of phenols is 1. The van der Waals surface area contributed by atoms with Gasteiger partial charge in [-0.15, -0.1) is 0 Å². The van der Waals surface area contributed by atoms with Crippen LogP contribution in [0.15, 0.2) is 35.2 Å². The average molecular weight is 430 g/mol. The number of phenolic OH excluding ortho intramolecular Hbond substituents is 1. The molecule has 2 aromatic carbocycles. The monoisotopic (exact) mass is 429 g/mol. The van der Waals surface area contributed by atoms with Crippen LogP contribution < -0.4 is 10.2 Å². The Hall–Kier alpha value is -2.94. The van der Waals surface area contributed by atoms with E-state index in [1.807, 2.05) is 0 Å². The first-order valence-electron chi connectivity index (χ1n) is 7.45. The van der Waals surface area contributed by atoms with Crippen molar-refractivity contribution in [2.75, 3.05) is 24.3 Å².